The van der Waals surface area contributed by atoms with E-state index in [1.165, 1.54) is 12.0 Å². The van der Waals surface area contributed by atoms with Crippen LogP contribution in [-0.2, 0) is 6.42 Å². The van der Waals surface area contributed by atoms with Gasteiger partial charge in [-0.1, -0.05) is 41.5 Å². The van der Waals surface area contributed by atoms with Gasteiger partial charge < -0.3 is 10.4 Å². The van der Waals surface area contributed by atoms with Crippen molar-refractivity contribution in [3.8, 4) is 0 Å². The maximum Gasteiger partial charge on any atom is 0.205 e. The zero-order valence-corrected chi connectivity index (χ0v) is 13.9. The Balaban J connectivity index is 1.51. The van der Waals surface area contributed by atoms with Crippen LogP contribution < -0.4 is 5.32 Å². The molecule has 1 aliphatic carbocycles. The van der Waals surface area contributed by atoms with Gasteiger partial charge in [0.1, 0.15) is 5.01 Å². The van der Waals surface area contributed by atoms with Gasteiger partial charge in [-0.15, -0.1) is 10.2 Å². The van der Waals surface area contributed by atoms with Gasteiger partial charge in [0.05, 0.1) is 6.10 Å². The summed E-state index contributed by atoms with van der Waals surface area (Å²) in [6, 6.07) is 7.82. The minimum Gasteiger partial charge on any atom is -0.393 e. The third kappa shape index (κ3) is 4.41. The van der Waals surface area contributed by atoms with Crippen LogP contribution in [0.2, 0.25) is 5.02 Å². The first kappa shape index (κ1) is 15.7. The molecule has 1 aliphatic rings. The van der Waals surface area contributed by atoms with Gasteiger partial charge in [0.15, 0.2) is 0 Å². The summed E-state index contributed by atoms with van der Waals surface area (Å²) in [4.78, 5) is 0. The minimum atomic E-state index is -0.129. The summed E-state index contributed by atoms with van der Waals surface area (Å²) >= 11 is 7.48. The van der Waals surface area contributed by atoms with Gasteiger partial charge in [-0.25, -0.2) is 0 Å². The lowest BCUT2D eigenvalue weighted by molar-refractivity contribution is 0.105. The number of nitrogens with one attached hydrogen (secondary N) is 1. The molecule has 2 unspecified atom stereocenters. The van der Waals surface area contributed by atoms with E-state index < -0.39 is 0 Å². The molecule has 118 valence electrons. The van der Waals surface area contributed by atoms with Crippen LogP contribution in [0.1, 0.15) is 36.3 Å². The highest BCUT2D eigenvalue weighted by Crippen LogP contribution is 2.25. The summed E-state index contributed by atoms with van der Waals surface area (Å²) in [5, 5.41) is 24.1. The maximum absolute atomic E-state index is 9.70. The van der Waals surface area contributed by atoms with Crippen LogP contribution in [0.3, 0.4) is 0 Å². The van der Waals surface area contributed by atoms with E-state index in [1.54, 1.807) is 11.3 Å². The van der Waals surface area contributed by atoms with Crippen molar-refractivity contribution < 1.29 is 5.11 Å². The number of aliphatic hydroxyl groups excluding tert-OH is 1. The molecule has 0 saturated heterocycles. The molecule has 0 bridgehead atoms. The molecule has 3 rings (SSSR count). The van der Waals surface area contributed by atoms with Crippen LogP contribution in [0.15, 0.2) is 24.3 Å². The van der Waals surface area contributed by atoms with Gasteiger partial charge in [-0.05, 0) is 42.9 Å². The maximum atomic E-state index is 9.70. The van der Waals surface area contributed by atoms with Crippen LogP contribution >= 0.6 is 22.9 Å². The van der Waals surface area contributed by atoms with Crippen molar-refractivity contribution in [2.24, 2.45) is 5.92 Å². The molecule has 2 atom stereocenters. The molecule has 0 aliphatic heterocycles. The van der Waals surface area contributed by atoms with Crippen molar-refractivity contribution in [1.82, 2.24) is 10.2 Å². The number of rotatable bonds is 5. The molecule has 22 heavy (non-hydrogen) atoms. The first-order valence-electron chi connectivity index (χ1n) is 7.68. The summed E-state index contributed by atoms with van der Waals surface area (Å²) in [5.41, 5.74) is 1.18. The number of aromatic nitrogens is 2. The second-order valence-corrected chi connectivity index (χ2v) is 7.37. The normalized spacial score (nSPS) is 21.7. The number of aliphatic hydroxyl groups is 1. The van der Waals surface area contributed by atoms with Gasteiger partial charge in [0, 0.05) is 18.0 Å². The fourth-order valence-corrected chi connectivity index (χ4v) is 3.76. The van der Waals surface area contributed by atoms with E-state index in [9.17, 15) is 5.11 Å². The van der Waals surface area contributed by atoms with Crippen molar-refractivity contribution in [1.29, 1.82) is 0 Å². The van der Waals surface area contributed by atoms with E-state index in [2.05, 4.69) is 15.5 Å². The third-order valence-corrected chi connectivity index (χ3v) is 5.17. The van der Waals surface area contributed by atoms with E-state index in [0.717, 1.165) is 47.4 Å². The number of anilines is 1. The SMILES string of the molecule is OC1CCCC(CNc2nnc(Cc3ccc(Cl)cc3)s2)C1. The van der Waals surface area contributed by atoms with Crippen molar-refractivity contribution in [2.75, 3.05) is 11.9 Å². The standard InChI is InChI=1S/C16H20ClN3OS/c17-13-6-4-11(5-7-13)9-15-19-20-16(22-15)18-10-12-2-1-3-14(21)8-12/h4-7,12,14,21H,1-3,8-10H2,(H,18,20). The van der Waals surface area contributed by atoms with Gasteiger partial charge in [0.25, 0.3) is 0 Å². The molecular weight excluding hydrogens is 318 g/mol. The fraction of sp³-hybridized carbons (Fsp3) is 0.500. The monoisotopic (exact) mass is 337 g/mol. The van der Waals surface area contributed by atoms with Crippen molar-refractivity contribution in [3.63, 3.8) is 0 Å². The zero-order valence-electron chi connectivity index (χ0n) is 12.3. The largest absolute Gasteiger partial charge is 0.393 e. The van der Waals surface area contributed by atoms with Crippen LogP contribution in [0, 0.1) is 5.92 Å². The number of benzene rings is 1. The van der Waals surface area contributed by atoms with Crippen LogP contribution in [0.4, 0.5) is 5.13 Å². The van der Waals surface area contributed by atoms with Crippen molar-refractivity contribution >= 4 is 28.1 Å². The Labute approximate surface area is 139 Å². The molecule has 1 aromatic heterocycles. The Morgan fingerprint density at radius 2 is 2.05 bits per heavy atom. The Hall–Kier alpha value is -1.17. The quantitative estimate of drug-likeness (QED) is 0.872. The predicted molar refractivity (Wildman–Crippen MR) is 90.6 cm³/mol. The topological polar surface area (TPSA) is 58.0 Å². The molecule has 1 aromatic carbocycles. The molecule has 0 amide bonds. The van der Waals surface area contributed by atoms with Crippen LogP contribution in [0.5, 0.6) is 0 Å². The fourth-order valence-electron chi connectivity index (χ4n) is 2.85. The van der Waals surface area contributed by atoms with Crippen LogP contribution in [0.25, 0.3) is 0 Å². The molecular formula is C16H20ClN3OS. The first-order chi connectivity index (χ1) is 10.7. The molecule has 0 radical (unpaired) electrons. The average Bonchev–Trinajstić information content (AvgIpc) is 2.95. The number of hydrogen-bond donors (Lipinski definition) is 2. The number of nitrogens with zero attached hydrogens (tertiary/aromatic N) is 2. The van der Waals surface area contributed by atoms with Gasteiger partial charge >= 0.3 is 0 Å². The van der Waals surface area contributed by atoms with Crippen molar-refractivity contribution in [2.45, 2.75) is 38.2 Å². The molecule has 0 spiro atoms. The van der Waals surface area contributed by atoms with Crippen molar-refractivity contribution in [3.05, 3.63) is 39.9 Å². The molecule has 1 fully saturated rings. The summed E-state index contributed by atoms with van der Waals surface area (Å²) in [6.07, 6.45) is 4.78. The number of hydrogen-bond acceptors (Lipinski definition) is 5. The second-order valence-electron chi connectivity index (χ2n) is 5.87. The highest BCUT2D eigenvalue weighted by Gasteiger charge is 2.20. The highest BCUT2D eigenvalue weighted by molar-refractivity contribution is 7.15. The third-order valence-electron chi connectivity index (χ3n) is 4.03. The lowest BCUT2D eigenvalue weighted by Gasteiger charge is -2.25. The van der Waals surface area contributed by atoms with Gasteiger partial charge in [0.2, 0.25) is 5.13 Å². The van der Waals surface area contributed by atoms with E-state index >= 15 is 0 Å². The van der Waals surface area contributed by atoms with Gasteiger partial charge in [-0.3, -0.25) is 0 Å². The highest BCUT2D eigenvalue weighted by atomic mass is 35.5. The lowest BCUT2D eigenvalue weighted by atomic mass is 9.87. The Kier molecular flexibility index (Phi) is 5.28. The summed E-state index contributed by atoms with van der Waals surface area (Å²) in [6.45, 7) is 0.868. The van der Waals surface area contributed by atoms with E-state index in [-0.39, 0.29) is 6.10 Å². The predicted octanol–water partition coefficient (Wildman–Crippen LogP) is 3.75. The smallest absolute Gasteiger partial charge is 0.205 e. The van der Waals surface area contributed by atoms with E-state index in [0.29, 0.717) is 5.92 Å². The van der Waals surface area contributed by atoms with Gasteiger partial charge in [-0.2, -0.15) is 0 Å². The lowest BCUT2D eigenvalue weighted by Crippen LogP contribution is -2.24. The average molecular weight is 338 g/mol. The molecule has 6 heteroatoms. The second kappa shape index (κ2) is 7.40. The summed E-state index contributed by atoms with van der Waals surface area (Å²) < 4.78 is 0. The zero-order chi connectivity index (χ0) is 15.4. The summed E-state index contributed by atoms with van der Waals surface area (Å²) in [5.74, 6) is 0.535. The first-order valence-corrected chi connectivity index (χ1v) is 8.87. The van der Waals surface area contributed by atoms with Crippen LogP contribution in [-0.4, -0.2) is 28.0 Å². The van der Waals surface area contributed by atoms with E-state index in [4.69, 9.17) is 11.6 Å². The molecule has 2 N–H and O–H groups in total. The molecule has 4 nitrogen and oxygen atoms in total. The molecule has 1 saturated carbocycles. The Bertz CT molecular complexity index is 602. The Morgan fingerprint density at radius 3 is 2.82 bits per heavy atom. The summed E-state index contributed by atoms with van der Waals surface area (Å²) in [7, 11) is 0. The number of halogens is 1. The molecule has 1 heterocycles. The minimum absolute atomic E-state index is 0.129. The molecule has 2 aromatic rings. The Morgan fingerprint density at radius 1 is 1.23 bits per heavy atom. The van der Waals surface area contributed by atoms with E-state index in [1.807, 2.05) is 24.3 Å².